The van der Waals surface area contributed by atoms with Crippen LogP contribution in [0.5, 0.6) is 0 Å². The predicted octanol–water partition coefficient (Wildman–Crippen LogP) is 2.92. The van der Waals surface area contributed by atoms with Gasteiger partial charge in [-0.15, -0.1) is 0 Å². The van der Waals surface area contributed by atoms with Gasteiger partial charge in [0.1, 0.15) is 0 Å². The van der Waals surface area contributed by atoms with Gasteiger partial charge >= 0.3 is 0 Å². The predicted molar refractivity (Wildman–Crippen MR) is 76.4 cm³/mol. The van der Waals surface area contributed by atoms with Gasteiger partial charge in [-0.05, 0) is 69.2 Å². The van der Waals surface area contributed by atoms with Crippen LogP contribution >= 0.6 is 0 Å². The highest BCUT2D eigenvalue weighted by molar-refractivity contribution is 4.96. The first-order valence-electron chi connectivity index (χ1n) is 8.15. The van der Waals surface area contributed by atoms with Crippen molar-refractivity contribution in [2.75, 3.05) is 13.1 Å². The lowest BCUT2D eigenvalue weighted by molar-refractivity contribution is 0.195. The van der Waals surface area contributed by atoms with Crippen LogP contribution < -0.4 is 11.1 Å². The van der Waals surface area contributed by atoms with Crippen molar-refractivity contribution >= 4 is 0 Å². The number of rotatable bonds is 8. The summed E-state index contributed by atoms with van der Waals surface area (Å²) in [6.07, 6.45) is 11.6. The molecule has 3 aliphatic carbocycles. The van der Waals surface area contributed by atoms with Gasteiger partial charge in [0.15, 0.2) is 0 Å². The Balaban J connectivity index is 1.48. The van der Waals surface area contributed by atoms with Crippen molar-refractivity contribution in [1.29, 1.82) is 0 Å². The van der Waals surface area contributed by atoms with Gasteiger partial charge in [-0.2, -0.15) is 0 Å². The summed E-state index contributed by atoms with van der Waals surface area (Å²) in [6, 6.07) is 0. The molecular weight excluding hydrogens is 220 g/mol. The lowest BCUT2D eigenvalue weighted by atomic mass is 9.76. The monoisotopic (exact) mass is 250 g/mol. The lowest BCUT2D eigenvalue weighted by Gasteiger charge is -2.38. The maximum Gasteiger partial charge on any atom is 0.0278 e. The van der Waals surface area contributed by atoms with E-state index in [2.05, 4.69) is 12.2 Å². The summed E-state index contributed by atoms with van der Waals surface area (Å²) in [5, 5.41) is 3.86. The van der Waals surface area contributed by atoms with E-state index in [1.165, 1.54) is 57.9 Å². The van der Waals surface area contributed by atoms with Crippen LogP contribution in [0.25, 0.3) is 0 Å². The molecule has 3 rings (SSSR count). The van der Waals surface area contributed by atoms with Crippen LogP contribution in [-0.4, -0.2) is 18.6 Å². The average molecular weight is 250 g/mol. The second-order valence-corrected chi connectivity index (χ2v) is 7.49. The molecule has 0 spiro atoms. The third-order valence-corrected chi connectivity index (χ3v) is 5.63. The van der Waals surface area contributed by atoms with E-state index in [1.807, 2.05) is 0 Å². The minimum Gasteiger partial charge on any atom is -0.329 e. The standard InChI is InChI=1S/C16H30N2/c1-16(11-17,9-12-3-2-4-12)18-10-15(13-5-6-13)14-7-8-14/h12-15,18H,2-11,17H2,1H3. The Hall–Kier alpha value is -0.0800. The number of nitrogens with one attached hydrogen (secondary N) is 1. The summed E-state index contributed by atoms with van der Waals surface area (Å²) in [5.41, 5.74) is 6.24. The fraction of sp³-hybridized carbons (Fsp3) is 1.00. The molecule has 18 heavy (non-hydrogen) atoms. The Kier molecular flexibility index (Phi) is 3.68. The molecular formula is C16H30N2. The summed E-state index contributed by atoms with van der Waals surface area (Å²) >= 11 is 0. The topological polar surface area (TPSA) is 38.0 Å². The van der Waals surface area contributed by atoms with Crippen molar-refractivity contribution in [2.45, 2.75) is 63.8 Å². The summed E-state index contributed by atoms with van der Waals surface area (Å²) in [6.45, 7) is 4.38. The first-order valence-corrected chi connectivity index (χ1v) is 8.15. The van der Waals surface area contributed by atoms with E-state index < -0.39 is 0 Å². The van der Waals surface area contributed by atoms with Crippen LogP contribution in [0.1, 0.15) is 58.3 Å². The SMILES string of the molecule is CC(CN)(CC1CCC1)NCC(C1CC1)C1CC1. The zero-order chi connectivity index (χ0) is 12.6. The van der Waals surface area contributed by atoms with E-state index in [0.29, 0.717) is 0 Å². The van der Waals surface area contributed by atoms with E-state index in [0.717, 1.165) is 30.2 Å². The number of hydrogen-bond acceptors (Lipinski definition) is 2. The molecule has 0 bridgehead atoms. The molecule has 0 aromatic rings. The third-order valence-electron chi connectivity index (χ3n) is 5.63. The summed E-state index contributed by atoms with van der Waals surface area (Å²) < 4.78 is 0. The Bertz CT molecular complexity index is 267. The molecule has 104 valence electrons. The quantitative estimate of drug-likeness (QED) is 0.695. The highest BCUT2D eigenvalue weighted by atomic mass is 15.0. The second-order valence-electron chi connectivity index (χ2n) is 7.49. The summed E-state index contributed by atoms with van der Waals surface area (Å²) in [4.78, 5) is 0. The van der Waals surface area contributed by atoms with Gasteiger partial charge in [0, 0.05) is 12.1 Å². The first-order chi connectivity index (χ1) is 8.70. The lowest BCUT2D eigenvalue weighted by Crippen LogP contribution is -2.52. The largest absolute Gasteiger partial charge is 0.329 e. The molecule has 0 aromatic heterocycles. The van der Waals surface area contributed by atoms with Gasteiger partial charge in [-0.3, -0.25) is 0 Å². The molecule has 1 unspecified atom stereocenters. The minimum absolute atomic E-state index is 0.202. The Morgan fingerprint density at radius 1 is 1.11 bits per heavy atom. The van der Waals surface area contributed by atoms with E-state index in [4.69, 9.17) is 5.73 Å². The molecule has 0 aromatic carbocycles. The molecule has 3 aliphatic rings. The normalized spacial score (nSPS) is 28.2. The van der Waals surface area contributed by atoms with Gasteiger partial charge in [-0.25, -0.2) is 0 Å². The van der Waals surface area contributed by atoms with Gasteiger partial charge in [0.2, 0.25) is 0 Å². The minimum atomic E-state index is 0.202. The van der Waals surface area contributed by atoms with Gasteiger partial charge in [-0.1, -0.05) is 19.3 Å². The molecule has 0 aliphatic heterocycles. The molecule has 2 nitrogen and oxygen atoms in total. The highest BCUT2D eigenvalue weighted by Crippen LogP contribution is 2.49. The smallest absolute Gasteiger partial charge is 0.0278 e. The zero-order valence-corrected chi connectivity index (χ0v) is 12.0. The fourth-order valence-electron chi connectivity index (χ4n) is 3.69. The molecule has 3 saturated carbocycles. The fourth-order valence-corrected chi connectivity index (χ4v) is 3.69. The molecule has 0 saturated heterocycles. The Labute approximate surface area is 112 Å². The highest BCUT2D eigenvalue weighted by Gasteiger charge is 2.42. The molecule has 2 heteroatoms. The van der Waals surface area contributed by atoms with Crippen LogP contribution in [-0.2, 0) is 0 Å². The maximum atomic E-state index is 6.04. The van der Waals surface area contributed by atoms with Crippen LogP contribution in [0.15, 0.2) is 0 Å². The van der Waals surface area contributed by atoms with Crippen LogP contribution in [0.3, 0.4) is 0 Å². The van der Waals surface area contributed by atoms with E-state index >= 15 is 0 Å². The summed E-state index contributed by atoms with van der Waals surface area (Å²) in [5.74, 6) is 4.02. The second kappa shape index (κ2) is 5.13. The molecule has 0 heterocycles. The van der Waals surface area contributed by atoms with Gasteiger partial charge < -0.3 is 11.1 Å². The van der Waals surface area contributed by atoms with Crippen LogP contribution in [0.4, 0.5) is 0 Å². The van der Waals surface area contributed by atoms with Gasteiger partial charge in [0.05, 0.1) is 0 Å². The molecule has 3 fully saturated rings. The van der Waals surface area contributed by atoms with Crippen molar-refractivity contribution in [2.24, 2.45) is 29.4 Å². The van der Waals surface area contributed by atoms with Crippen molar-refractivity contribution in [3.8, 4) is 0 Å². The van der Waals surface area contributed by atoms with E-state index in [-0.39, 0.29) is 5.54 Å². The Morgan fingerprint density at radius 2 is 1.72 bits per heavy atom. The van der Waals surface area contributed by atoms with Crippen LogP contribution in [0.2, 0.25) is 0 Å². The molecule has 3 N–H and O–H groups in total. The first kappa shape index (κ1) is 12.9. The van der Waals surface area contributed by atoms with Crippen molar-refractivity contribution < 1.29 is 0 Å². The zero-order valence-electron chi connectivity index (χ0n) is 12.0. The van der Waals surface area contributed by atoms with Crippen molar-refractivity contribution in [1.82, 2.24) is 5.32 Å². The van der Waals surface area contributed by atoms with E-state index in [1.54, 1.807) is 0 Å². The average Bonchev–Trinajstić information content (AvgIpc) is 3.15. The maximum absolute atomic E-state index is 6.04. The summed E-state index contributed by atoms with van der Waals surface area (Å²) in [7, 11) is 0. The third kappa shape index (κ3) is 3.08. The molecule has 1 atom stereocenters. The molecule has 0 radical (unpaired) electrons. The Morgan fingerprint density at radius 3 is 2.11 bits per heavy atom. The van der Waals surface area contributed by atoms with Crippen molar-refractivity contribution in [3.05, 3.63) is 0 Å². The van der Waals surface area contributed by atoms with Crippen LogP contribution in [0, 0.1) is 23.7 Å². The van der Waals surface area contributed by atoms with Gasteiger partial charge in [0.25, 0.3) is 0 Å². The number of nitrogens with two attached hydrogens (primary N) is 1. The van der Waals surface area contributed by atoms with Crippen molar-refractivity contribution in [3.63, 3.8) is 0 Å². The molecule has 0 amide bonds. The number of hydrogen-bond donors (Lipinski definition) is 2. The van der Waals surface area contributed by atoms with E-state index in [9.17, 15) is 0 Å².